The molecule has 0 saturated heterocycles. The van der Waals surface area contributed by atoms with Crippen LogP contribution in [0, 0.1) is 0 Å². The average Bonchev–Trinajstić information content (AvgIpc) is 3.07. The molecule has 0 aliphatic heterocycles. The summed E-state index contributed by atoms with van der Waals surface area (Å²) < 4.78 is 7.20. The second-order valence-electron chi connectivity index (χ2n) is 5.35. The zero-order valence-electron chi connectivity index (χ0n) is 14.5. The number of carbonyl (C=O) groups is 1. The predicted molar refractivity (Wildman–Crippen MR) is 96.9 cm³/mol. The number of ether oxygens (including phenoxy) is 1. The van der Waals surface area contributed by atoms with Gasteiger partial charge in [0.15, 0.2) is 0 Å². The second kappa shape index (κ2) is 8.02. The lowest BCUT2D eigenvalue weighted by Gasteiger charge is -2.05. The molecule has 0 unspecified atom stereocenters. The Morgan fingerprint density at radius 1 is 1.31 bits per heavy atom. The van der Waals surface area contributed by atoms with E-state index < -0.39 is 5.91 Å². The number of rotatable bonds is 6. The van der Waals surface area contributed by atoms with Gasteiger partial charge in [-0.3, -0.25) is 9.78 Å². The number of nitrogens with one attached hydrogen (secondary N) is 1. The molecule has 0 spiro atoms. The fourth-order valence-electron chi connectivity index (χ4n) is 2.20. The first-order chi connectivity index (χ1) is 12.7. The minimum Gasteiger partial charge on any atom is -0.478 e. The van der Waals surface area contributed by atoms with E-state index in [2.05, 4.69) is 25.5 Å². The Bertz CT molecular complexity index is 917. The molecule has 1 N–H and O–H groups in total. The van der Waals surface area contributed by atoms with Crippen molar-refractivity contribution in [1.82, 2.24) is 24.9 Å². The maximum atomic E-state index is 12.2. The maximum absolute atomic E-state index is 12.2. The lowest BCUT2D eigenvalue weighted by molar-refractivity contribution is 0.0950. The lowest BCUT2D eigenvalue weighted by Crippen LogP contribution is -2.19. The molecular weight excluding hydrogens is 332 g/mol. The van der Waals surface area contributed by atoms with Crippen LogP contribution in [0.25, 0.3) is 11.3 Å². The largest absolute Gasteiger partial charge is 0.478 e. The van der Waals surface area contributed by atoms with E-state index in [4.69, 9.17) is 4.74 Å². The van der Waals surface area contributed by atoms with Gasteiger partial charge in [-0.15, -0.1) is 0 Å². The molecule has 26 heavy (non-hydrogen) atoms. The van der Waals surface area contributed by atoms with Gasteiger partial charge >= 0.3 is 0 Å². The molecule has 0 radical (unpaired) electrons. The van der Waals surface area contributed by atoms with E-state index in [1.165, 1.54) is 6.20 Å². The number of aryl methyl sites for hydroxylation is 1. The molecule has 8 nitrogen and oxygen atoms in total. The molecule has 3 heterocycles. The molecule has 3 aromatic heterocycles. The zero-order valence-corrected chi connectivity index (χ0v) is 14.5. The van der Waals surface area contributed by atoms with Crippen LogP contribution in [0.3, 0.4) is 0 Å². The van der Waals surface area contributed by atoms with Gasteiger partial charge in [-0.2, -0.15) is 5.10 Å². The highest BCUT2D eigenvalue weighted by Crippen LogP contribution is 2.17. The van der Waals surface area contributed by atoms with E-state index in [0.717, 1.165) is 11.3 Å². The predicted octanol–water partition coefficient (Wildman–Crippen LogP) is 2.04. The molecule has 0 fully saturated rings. The molecule has 0 aliphatic rings. The van der Waals surface area contributed by atoms with Crippen molar-refractivity contribution in [3.63, 3.8) is 0 Å². The lowest BCUT2D eigenvalue weighted by atomic mass is 10.2. The summed E-state index contributed by atoms with van der Waals surface area (Å²) in [6.45, 7) is 2.44. The first-order valence-corrected chi connectivity index (χ1v) is 8.03. The van der Waals surface area contributed by atoms with Gasteiger partial charge in [0.05, 0.1) is 36.6 Å². The zero-order chi connectivity index (χ0) is 18.4. The molecule has 8 heteroatoms. The SMILES string of the molecule is CCOc1ccc(-c2cncc(C(=O)N/N=C/c3cccn3C)n2)cn1. The first-order valence-electron chi connectivity index (χ1n) is 8.03. The van der Waals surface area contributed by atoms with Crippen molar-refractivity contribution in [1.29, 1.82) is 0 Å². The average molecular weight is 350 g/mol. The van der Waals surface area contributed by atoms with E-state index in [1.807, 2.05) is 42.9 Å². The van der Waals surface area contributed by atoms with Gasteiger partial charge in [-0.05, 0) is 25.1 Å². The van der Waals surface area contributed by atoms with Crippen molar-refractivity contribution in [2.75, 3.05) is 6.61 Å². The number of nitrogens with zero attached hydrogens (tertiary/aromatic N) is 5. The number of carbonyl (C=O) groups excluding carboxylic acids is 1. The van der Waals surface area contributed by atoms with Gasteiger partial charge in [0.25, 0.3) is 5.91 Å². The smallest absolute Gasteiger partial charge is 0.291 e. The first kappa shape index (κ1) is 17.3. The summed E-state index contributed by atoms with van der Waals surface area (Å²) in [5.41, 5.74) is 4.76. The van der Waals surface area contributed by atoms with Crippen LogP contribution in [-0.4, -0.2) is 38.2 Å². The Labute approximate surface area is 150 Å². The maximum Gasteiger partial charge on any atom is 0.291 e. The van der Waals surface area contributed by atoms with Crippen molar-refractivity contribution in [2.45, 2.75) is 6.92 Å². The van der Waals surface area contributed by atoms with Crippen molar-refractivity contribution in [3.8, 4) is 17.1 Å². The van der Waals surface area contributed by atoms with E-state index in [9.17, 15) is 4.79 Å². The third-order valence-electron chi connectivity index (χ3n) is 3.54. The molecule has 0 bridgehead atoms. The quantitative estimate of drug-likeness (QED) is 0.542. The Balaban J connectivity index is 1.71. The van der Waals surface area contributed by atoms with Crippen LogP contribution in [0.1, 0.15) is 23.1 Å². The third kappa shape index (κ3) is 4.10. The highest BCUT2D eigenvalue weighted by molar-refractivity contribution is 5.93. The minimum atomic E-state index is -0.441. The third-order valence-corrected chi connectivity index (χ3v) is 3.54. The molecule has 3 rings (SSSR count). The highest BCUT2D eigenvalue weighted by atomic mass is 16.5. The van der Waals surface area contributed by atoms with E-state index >= 15 is 0 Å². The van der Waals surface area contributed by atoms with Crippen LogP contribution in [0.15, 0.2) is 54.2 Å². The Hall–Kier alpha value is -3.55. The summed E-state index contributed by atoms with van der Waals surface area (Å²) in [5, 5.41) is 3.94. The van der Waals surface area contributed by atoms with Gasteiger partial charge in [0.1, 0.15) is 5.69 Å². The van der Waals surface area contributed by atoms with Gasteiger partial charge in [-0.25, -0.2) is 15.4 Å². The molecule has 0 aliphatic carbocycles. The highest BCUT2D eigenvalue weighted by Gasteiger charge is 2.09. The van der Waals surface area contributed by atoms with Gasteiger partial charge in [-0.1, -0.05) is 0 Å². The van der Waals surface area contributed by atoms with Crippen molar-refractivity contribution in [3.05, 3.63) is 60.4 Å². The van der Waals surface area contributed by atoms with Crippen LogP contribution in [0.4, 0.5) is 0 Å². The normalized spacial score (nSPS) is 10.8. The standard InChI is InChI=1S/C18H18N6O2/c1-3-26-17-7-6-13(9-20-17)15-11-19-12-16(22-15)18(25)23-21-10-14-5-4-8-24(14)2/h4-12H,3H2,1-2H3,(H,23,25)/b21-10+. The molecule has 0 saturated carbocycles. The van der Waals surface area contributed by atoms with Crippen LogP contribution in [0.5, 0.6) is 5.88 Å². The number of aromatic nitrogens is 4. The van der Waals surface area contributed by atoms with Crippen molar-refractivity contribution < 1.29 is 9.53 Å². The van der Waals surface area contributed by atoms with Crippen LogP contribution in [0.2, 0.25) is 0 Å². The number of hydrogen-bond acceptors (Lipinski definition) is 6. The summed E-state index contributed by atoms with van der Waals surface area (Å²) in [6, 6.07) is 7.34. The van der Waals surface area contributed by atoms with E-state index in [-0.39, 0.29) is 5.69 Å². The van der Waals surface area contributed by atoms with Crippen molar-refractivity contribution >= 4 is 12.1 Å². The van der Waals surface area contributed by atoms with Gasteiger partial charge in [0.2, 0.25) is 5.88 Å². The second-order valence-corrected chi connectivity index (χ2v) is 5.35. The van der Waals surface area contributed by atoms with E-state index in [1.54, 1.807) is 24.7 Å². The van der Waals surface area contributed by atoms with Gasteiger partial charge < -0.3 is 9.30 Å². The summed E-state index contributed by atoms with van der Waals surface area (Å²) in [4.78, 5) is 24.8. The topological polar surface area (TPSA) is 94.3 Å². The summed E-state index contributed by atoms with van der Waals surface area (Å²) in [6.07, 6.45) is 8.04. The Kier molecular flexibility index (Phi) is 5.33. The monoisotopic (exact) mass is 350 g/mol. The minimum absolute atomic E-state index is 0.167. The number of pyridine rings is 1. The Morgan fingerprint density at radius 2 is 2.19 bits per heavy atom. The van der Waals surface area contributed by atoms with Crippen LogP contribution >= 0.6 is 0 Å². The van der Waals surface area contributed by atoms with Crippen molar-refractivity contribution in [2.24, 2.45) is 12.1 Å². The fourth-order valence-corrected chi connectivity index (χ4v) is 2.20. The van der Waals surface area contributed by atoms with Crippen LogP contribution in [-0.2, 0) is 7.05 Å². The number of hydrogen-bond donors (Lipinski definition) is 1. The number of hydrazone groups is 1. The molecule has 0 atom stereocenters. The molecule has 0 aromatic carbocycles. The Morgan fingerprint density at radius 3 is 2.88 bits per heavy atom. The summed E-state index contributed by atoms with van der Waals surface area (Å²) in [7, 11) is 1.89. The summed E-state index contributed by atoms with van der Waals surface area (Å²) >= 11 is 0. The summed E-state index contributed by atoms with van der Waals surface area (Å²) in [5.74, 6) is 0.0943. The molecule has 3 aromatic rings. The van der Waals surface area contributed by atoms with Gasteiger partial charge in [0, 0.05) is 31.1 Å². The fraction of sp³-hybridized carbons (Fsp3) is 0.167. The van der Waals surface area contributed by atoms with Crippen LogP contribution < -0.4 is 10.2 Å². The number of amides is 1. The molecule has 132 valence electrons. The molecule has 1 amide bonds. The molecular formula is C18H18N6O2. The van der Waals surface area contributed by atoms with E-state index in [0.29, 0.717) is 18.2 Å².